The molecule has 3 N–H and O–H groups in total. The second-order valence-corrected chi connectivity index (χ2v) is 4.67. The van der Waals surface area contributed by atoms with Crippen LogP contribution in [0.4, 0.5) is 5.69 Å². The van der Waals surface area contributed by atoms with Crippen LogP contribution in [-0.2, 0) is 11.8 Å². The molecule has 1 heterocycles. The molecule has 2 aromatic rings. The molecule has 1 unspecified atom stereocenters. The Labute approximate surface area is 121 Å². The fourth-order valence-corrected chi connectivity index (χ4v) is 1.97. The number of aromatic nitrogens is 2. The highest BCUT2D eigenvalue weighted by molar-refractivity contribution is 6.32. The van der Waals surface area contributed by atoms with Crippen LogP contribution in [0.25, 0.3) is 0 Å². The SMILES string of the molecule is COc1ccc(NC(=O)C(N)c2cnn(C)c2)cc1Cl. The van der Waals surface area contributed by atoms with Gasteiger partial charge in [0.25, 0.3) is 0 Å². The number of benzene rings is 1. The number of carbonyl (C=O) groups is 1. The first-order valence-corrected chi connectivity index (χ1v) is 6.27. The first-order chi connectivity index (χ1) is 9.51. The maximum absolute atomic E-state index is 12.0. The zero-order valence-electron chi connectivity index (χ0n) is 11.1. The van der Waals surface area contributed by atoms with E-state index >= 15 is 0 Å². The Morgan fingerprint density at radius 2 is 2.30 bits per heavy atom. The van der Waals surface area contributed by atoms with Gasteiger partial charge < -0.3 is 15.8 Å². The molecule has 2 rings (SSSR count). The van der Waals surface area contributed by atoms with Crippen molar-refractivity contribution in [1.29, 1.82) is 0 Å². The van der Waals surface area contributed by atoms with Crippen LogP contribution in [0.5, 0.6) is 5.75 Å². The molecule has 1 aromatic carbocycles. The third-order valence-corrected chi connectivity index (χ3v) is 3.08. The molecule has 1 aromatic heterocycles. The fourth-order valence-electron chi connectivity index (χ4n) is 1.72. The van der Waals surface area contributed by atoms with Crippen LogP contribution in [0.3, 0.4) is 0 Å². The number of rotatable bonds is 4. The number of nitrogens with two attached hydrogens (primary N) is 1. The highest BCUT2D eigenvalue weighted by atomic mass is 35.5. The molecule has 1 atom stereocenters. The van der Waals surface area contributed by atoms with Gasteiger partial charge in [0.2, 0.25) is 5.91 Å². The Morgan fingerprint density at radius 3 is 2.85 bits per heavy atom. The third kappa shape index (κ3) is 3.09. The minimum Gasteiger partial charge on any atom is -0.495 e. The number of ether oxygens (including phenoxy) is 1. The Morgan fingerprint density at radius 1 is 1.55 bits per heavy atom. The molecular weight excluding hydrogens is 280 g/mol. The lowest BCUT2D eigenvalue weighted by Gasteiger charge is -2.11. The minimum absolute atomic E-state index is 0.334. The Kier molecular flexibility index (Phi) is 4.26. The van der Waals surface area contributed by atoms with Gasteiger partial charge in [-0.2, -0.15) is 5.10 Å². The highest BCUT2D eigenvalue weighted by Crippen LogP contribution is 2.27. The van der Waals surface area contributed by atoms with Crippen molar-refractivity contribution in [3.63, 3.8) is 0 Å². The van der Waals surface area contributed by atoms with E-state index in [4.69, 9.17) is 22.1 Å². The van der Waals surface area contributed by atoms with Crippen molar-refractivity contribution in [2.24, 2.45) is 12.8 Å². The molecule has 0 spiro atoms. The zero-order valence-corrected chi connectivity index (χ0v) is 11.9. The topological polar surface area (TPSA) is 82.2 Å². The summed E-state index contributed by atoms with van der Waals surface area (Å²) in [6.45, 7) is 0. The van der Waals surface area contributed by atoms with Crippen molar-refractivity contribution >= 4 is 23.2 Å². The number of halogens is 1. The van der Waals surface area contributed by atoms with Crippen LogP contribution in [0.15, 0.2) is 30.6 Å². The molecule has 0 fully saturated rings. The molecule has 6 nitrogen and oxygen atoms in total. The summed E-state index contributed by atoms with van der Waals surface area (Å²) in [6, 6.07) is 4.19. The van der Waals surface area contributed by atoms with Crippen LogP contribution >= 0.6 is 11.6 Å². The number of nitrogens with one attached hydrogen (secondary N) is 1. The van der Waals surface area contributed by atoms with Crippen LogP contribution in [-0.4, -0.2) is 22.8 Å². The second kappa shape index (κ2) is 5.94. The minimum atomic E-state index is -0.787. The van der Waals surface area contributed by atoms with E-state index in [9.17, 15) is 4.79 Å². The summed E-state index contributed by atoms with van der Waals surface area (Å²) in [7, 11) is 3.29. The molecule has 0 aliphatic heterocycles. The number of anilines is 1. The number of carbonyl (C=O) groups excluding carboxylic acids is 1. The van der Waals surface area contributed by atoms with Gasteiger partial charge in [-0.3, -0.25) is 9.48 Å². The van der Waals surface area contributed by atoms with E-state index in [-0.39, 0.29) is 5.91 Å². The van der Waals surface area contributed by atoms with Crippen LogP contribution in [0.1, 0.15) is 11.6 Å². The van der Waals surface area contributed by atoms with Gasteiger partial charge in [0.05, 0.1) is 18.3 Å². The highest BCUT2D eigenvalue weighted by Gasteiger charge is 2.17. The lowest BCUT2D eigenvalue weighted by atomic mass is 10.1. The maximum atomic E-state index is 12.0. The van der Waals surface area contributed by atoms with Gasteiger partial charge in [-0.25, -0.2) is 0 Å². The molecular formula is C13H15ClN4O2. The predicted octanol–water partition coefficient (Wildman–Crippen LogP) is 1.72. The monoisotopic (exact) mass is 294 g/mol. The van der Waals surface area contributed by atoms with Crippen molar-refractivity contribution in [2.45, 2.75) is 6.04 Å². The van der Waals surface area contributed by atoms with E-state index in [0.717, 1.165) is 0 Å². The van der Waals surface area contributed by atoms with Gasteiger partial charge in [0, 0.05) is 24.5 Å². The lowest BCUT2D eigenvalue weighted by Crippen LogP contribution is -2.27. The molecule has 0 saturated carbocycles. The molecule has 0 aliphatic rings. The second-order valence-electron chi connectivity index (χ2n) is 4.26. The molecule has 0 radical (unpaired) electrons. The number of methoxy groups -OCH3 is 1. The molecule has 0 bridgehead atoms. The van der Waals surface area contributed by atoms with Gasteiger partial charge in [-0.05, 0) is 18.2 Å². The summed E-state index contributed by atoms with van der Waals surface area (Å²) in [5.41, 5.74) is 7.07. The van der Waals surface area contributed by atoms with Gasteiger partial charge in [-0.15, -0.1) is 0 Å². The number of hydrogen-bond acceptors (Lipinski definition) is 4. The van der Waals surface area contributed by atoms with Crippen LogP contribution in [0, 0.1) is 0 Å². The van der Waals surface area contributed by atoms with E-state index in [2.05, 4.69) is 10.4 Å². The van der Waals surface area contributed by atoms with Crippen LogP contribution < -0.4 is 15.8 Å². The smallest absolute Gasteiger partial charge is 0.246 e. The number of hydrogen-bond donors (Lipinski definition) is 2. The van der Waals surface area contributed by atoms with Gasteiger partial charge in [0.15, 0.2) is 0 Å². The number of nitrogens with zero attached hydrogens (tertiary/aromatic N) is 2. The quantitative estimate of drug-likeness (QED) is 0.899. The Bertz CT molecular complexity index is 627. The normalized spacial score (nSPS) is 12.0. The molecule has 106 valence electrons. The molecule has 0 saturated heterocycles. The number of aryl methyl sites for hydroxylation is 1. The van der Waals surface area contributed by atoms with E-state index < -0.39 is 6.04 Å². The molecule has 0 aliphatic carbocycles. The van der Waals surface area contributed by atoms with Crippen molar-refractivity contribution in [3.8, 4) is 5.75 Å². The lowest BCUT2D eigenvalue weighted by molar-refractivity contribution is -0.117. The van der Waals surface area contributed by atoms with Gasteiger partial charge in [-0.1, -0.05) is 11.6 Å². The average molecular weight is 295 g/mol. The third-order valence-electron chi connectivity index (χ3n) is 2.79. The zero-order chi connectivity index (χ0) is 14.7. The Hall–Kier alpha value is -2.05. The summed E-state index contributed by atoms with van der Waals surface area (Å²) in [5.74, 6) is 0.209. The van der Waals surface area contributed by atoms with E-state index in [0.29, 0.717) is 22.0 Å². The first-order valence-electron chi connectivity index (χ1n) is 5.90. The fraction of sp³-hybridized carbons (Fsp3) is 0.231. The average Bonchev–Trinajstić information content (AvgIpc) is 2.84. The van der Waals surface area contributed by atoms with Gasteiger partial charge in [0.1, 0.15) is 11.8 Å². The molecule has 1 amide bonds. The van der Waals surface area contributed by atoms with E-state index in [1.54, 1.807) is 42.3 Å². The van der Waals surface area contributed by atoms with Crippen molar-refractivity contribution < 1.29 is 9.53 Å². The Balaban J connectivity index is 2.09. The van der Waals surface area contributed by atoms with E-state index in [1.807, 2.05) is 0 Å². The van der Waals surface area contributed by atoms with Crippen LogP contribution in [0.2, 0.25) is 5.02 Å². The molecule has 20 heavy (non-hydrogen) atoms. The van der Waals surface area contributed by atoms with Crippen molar-refractivity contribution in [3.05, 3.63) is 41.2 Å². The predicted molar refractivity (Wildman–Crippen MR) is 76.8 cm³/mol. The summed E-state index contributed by atoms with van der Waals surface area (Å²) >= 11 is 5.99. The van der Waals surface area contributed by atoms with Crippen molar-refractivity contribution in [2.75, 3.05) is 12.4 Å². The maximum Gasteiger partial charge on any atom is 0.246 e. The summed E-state index contributed by atoms with van der Waals surface area (Å²) in [5, 5.41) is 7.10. The summed E-state index contributed by atoms with van der Waals surface area (Å²) in [6.07, 6.45) is 3.26. The summed E-state index contributed by atoms with van der Waals surface area (Å²) in [4.78, 5) is 12.0. The van der Waals surface area contributed by atoms with Crippen molar-refractivity contribution in [1.82, 2.24) is 9.78 Å². The van der Waals surface area contributed by atoms with Gasteiger partial charge >= 0.3 is 0 Å². The summed E-state index contributed by atoms with van der Waals surface area (Å²) < 4.78 is 6.63. The first kappa shape index (κ1) is 14.4. The standard InChI is InChI=1S/C13H15ClN4O2/c1-18-7-8(6-16-18)12(15)13(19)17-9-3-4-11(20-2)10(14)5-9/h3-7,12H,15H2,1-2H3,(H,17,19). The number of amides is 1. The van der Waals surface area contributed by atoms with E-state index in [1.165, 1.54) is 7.11 Å². The largest absolute Gasteiger partial charge is 0.495 e. The molecule has 7 heteroatoms.